The number of hydrogen-bond acceptors (Lipinski definition) is 5. The molecule has 0 aliphatic heterocycles. The second-order valence-electron chi connectivity index (χ2n) is 4.01. The molecular weight excluding hydrogens is 262 g/mol. The van der Waals surface area contributed by atoms with E-state index in [0.717, 1.165) is 11.3 Å². The third-order valence-corrected chi connectivity index (χ3v) is 3.67. The minimum atomic E-state index is -0.147. The highest BCUT2D eigenvalue weighted by Gasteiger charge is 2.08. The average Bonchev–Trinajstić information content (AvgIpc) is 2.90. The van der Waals surface area contributed by atoms with Gasteiger partial charge in [-0.05, 0) is 19.1 Å². The summed E-state index contributed by atoms with van der Waals surface area (Å²) >= 11 is 1.32. The summed E-state index contributed by atoms with van der Waals surface area (Å²) in [6.45, 7) is 1.77. The van der Waals surface area contributed by atoms with Crippen LogP contribution in [0.15, 0.2) is 29.1 Å². The number of methoxy groups -OCH3 is 1. The lowest BCUT2D eigenvalue weighted by Crippen LogP contribution is -2.23. The normalized spacial score (nSPS) is 12.2. The number of ether oxygens (including phenoxy) is 1. The standard InChI is InChI=1S/C13H11N3O2S/c1-8-14-13-16(15-8)12(17)11(19-13)7-9-5-3-4-6-10(9)18-2/h3-7H,1-2H3/b11-7-. The van der Waals surface area contributed by atoms with E-state index in [-0.39, 0.29) is 5.56 Å². The molecule has 5 nitrogen and oxygen atoms in total. The Bertz CT molecular complexity index is 851. The summed E-state index contributed by atoms with van der Waals surface area (Å²) in [5, 5.41) is 4.07. The number of aromatic nitrogens is 3. The molecule has 0 spiro atoms. The van der Waals surface area contributed by atoms with Crippen LogP contribution in [0.3, 0.4) is 0 Å². The van der Waals surface area contributed by atoms with Crippen LogP contribution in [0.5, 0.6) is 5.75 Å². The fourth-order valence-corrected chi connectivity index (χ4v) is 2.80. The van der Waals surface area contributed by atoms with Gasteiger partial charge in [0.05, 0.1) is 11.6 Å². The van der Waals surface area contributed by atoms with Crippen molar-refractivity contribution in [3.63, 3.8) is 0 Å². The fourth-order valence-electron chi connectivity index (χ4n) is 1.86. The summed E-state index contributed by atoms with van der Waals surface area (Å²) in [5.74, 6) is 1.34. The molecular formula is C13H11N3O2S. The van der Waals surface area contributed by atoms with Gasteiger partial charge in [0.25, 0.3) is 5.56 Å². The molecule has 6 heteroatoms. The van der Waals surface area contributed by atoms with E-state index in [2.05, 4.69) is 10.1 Å². The van der Waals surface area contributed by atoms with E-state index in [1.54, 1.807) is 20.1 Å². The van der Waals surface area contributed by atoms with Crippen molar-refractivity contribution < 1.29 is 4.74 Å². The van der Waals surface area contributed by atoms with E-state index >= 15 is 0 Å². The van der Waals surface area contributed by atoms with Crippen molar-refractivity contribution in [2.75, 3.05) is 7.11 Å². The second-order valence-corrected chi connectivity index (χ2v) is 5.02. The molecule has 0 atom stereocenters. The number of nitrogens with zero attached hydrogens (tertiary/aromatic N) is 3. The van der Waals surface area contributed by atoms with Gasteiger partial charge in [-0.2, -0.15) is 4.52 Å². The van der Waals surface area contributed by atoms with Gasteiger partial charge in [-0.3, -0.25) is 4.79 Å². The monoisotopic (exact) mass is 273 g/mol. The number of hydrogen-bond donors (Lipinski definition) is 0. The fraction of sp³-hybridized carbons (Fsp3) is 0.154. The van der Waals surface area contributed by atoms with Crippen LogP contribution in [0.2, 0.25) is 0 Å². The van der Waals surface area contributed by atoms with Crippen molar-refractivity contribution in [1.82, 2.24) is 14.6 Å². The molecule has 3 rings (SSSR count). The smallest absolute Gasteiger partial charge is 0.291 e. The van der Waals surface area contributed by atoms with Gasteiger partial charge in [0.1, 0.15) is 11.6 Å². The predicted octanol–water partition coefficient (Wildman–Crippen LogP) is 1.02. The van der Waals surface area contributed by atoms with Crippen LogP contribution in [0.4, 0.5) is 0 Å². The van der Waals surface area contributed by atoms with E-state index in [4.69, 9.17) is 4.74 Å². The summed E-state index contributed by atoms with van der Waals surface area (Å²) in [5.41, 5.74) is 0.717. The summed E-state index contributed by atoms with van der Waals surface area (Å²) in [6.07, 6.45) is 1.80. The Kier molecular flexibility index (Phi) is 2.79. The Morgan fingerprint density at radius 3 is 2.89 bits per heavy atom. The second kappa shape index (κ2) is 4.47. The summed E-state index contributed by atoms with van der Waals surface area (Å²) in [6, 6.07) is 7.55. The molecule has 1 aromatic carbocycles. The summed E-state index contributed by atoms with van der Waals surface area (Å²) < 4.78 is 7.20. The third-order valence-electron chi connectivity index (χ3n) is 2.71. The highest BCUT2D eigenvalue weighted by atomic mass is 32.1. The van der Waals surface area contributed by atoms with E-state index in [1.807, 2.05) is 24.3 Å². The SMILES string of the molecule is COc1ccccc1/C=c1\sc2nc(C)nn2c1=O. The van der Waals surface area contributed by atoms with Crippen LogP contribution in [-0.4, -0.2) is 21.7 Å². The van der Waals surface area contributed by atoms with Crippen LogP contribution >= 0.6 is 11.3 Å². The Morgan fingerprint density at radius 2 is 2.16 bits per heavy atom. The van der Waals surface area contributed by atoms with Gasteiger partial charge in [0.15, 0.2) is 0 Å². The predicted molar refractivity (Wildman–Crippen MR) is 73.7 cm³/mol. The number of rotatable bonds is 2. The topological polar surface area (TPSA) is 56.5 Å². The van der Waals surface area contributed by atoms with Crippen LogP contribution in [0, 0.1) is 6.92 Å². The maximum Gasteiger partial charge on any atom is 0.291 e. The third kappa shape index (κ3) is 2.00. The van der Waals surface area contributed by atoms with Crippen LogP contribution < -0.4 is 14.8 Å². The molecule has 0 aliphatic rings. The van der Waals surface area contributed by atoms with E-state index in [9.17, 15) is 4.79 Å². The maximum atomic E-state index is 12.1. The van der Waals surface area contributed by atoms with Gasteiger partial charge in [-0.25, -0.2) is 4.98 Å². The largest absolute Gasteiger partial charge is 0.496 e. The lowest BCUT2D eigenvalue weighted by Gasteiger charge is -2.02. The first kappa shape index (κ1) is 11.9. The van der Waals surface area contributed by atoms with Gasteiger partial charge in [0.2, 0.25) is 4.96 Å². The molecule has 2 heterocycles. The minimum absolute atomic E-state index is 0.147. The first-order valence-corrected chi connectivity index (χ1v) is 6.51. The number of para-hydroxylation sites is 1. The lowest BCUT2D eigenvalue weighted by atomic mass is 10.2. The van der Waals surface area contributed by atoms with Crippen LogP contribution in [0.25, 0.3) is 11.0 Å². The summed E-state index contributed by atoms with van der Waals surface area (Å²) in [7, 11) is 1.61. The molecule has 19 heavy (non-hydrogen) atoms. The zero-order valence-corrected chi connectivity index (χ0v) is 11.3. The Labute approximate surface area is 112 Å². The molecule has 0 aliphatic carbocycles. The van der Waals surface area contributed by atoms with Crippen molar-refractivity contribution in [3.8, 4) is 5.75 Å². The van der Waals surface area contributed by atoms with Crippen molar-refractivity contribution in [2.45, 2.75) is 6.92 Å². The minimum Gasteiger partial charge on any atom is -0.496 e. The van der Waals surface area contributed by atoms with Crippen molar-refractivity contribution >= 4 is 22.4 Å². The number of thiazole rings is 1. The lowest BCUT2D eigenvalue weighted by molar-refractivity contribution is 0.414. The van der Waals surface area contributed by atoms with Gasteiger partial charge in [0, 0.05) is 5.56 Å². The molecule has 0 saturated heterocycles. The number of fused-ring (bicyclic) bond motifs is 1. The van der Waals surface area contributed by atoms with Gasteiger partial charge in [-0.15, -0.1) is 5.10 Å². The van der Waals surface area contributed by atoms with Crippen molar-refractivity contribution in [2.24, 2.45) is 0 Å². The first-order valence-electron chi connectivity index (χ1n) is 5.70. The quantitative estimate of drug-likeness (QED) is 0.699. The Hall–Kier alpha value is -2.21. The van der Waals surface area contributed by atoms with Crippen LogP contribution in [-0.2, 0) is 0 Å². The molecule has 0 bridgehead atoms. The van der Waals surface area contributed by atoms with Gasteiger partial charge < -0.3 is 4.74 Å². The van der Waals surface area contributed by atoms with Crippen molar-refractivity contribution in [1.29, 1.82) is 0 Å². The zero-order chi connectivity index (χ0) is 13.4. The molecule has 96 valence electrons. The van der Waals surface area contributed by atoms with E-state index in [1.165, 1.54) is 15.9 Å². The highest BCUT2D eigenvalue weighted by molar-refractivity contribution is 7.15. The van der Waals surface area contributed by atoms with Gasteiger partial charge >= 0.3 is 0 Å². The van der Waals surface area contributed by atoms with E-state index < -0.39 is 0 Å². The first-order chi connectivity index (χ1) is 9.19. The molecule has 0 amide bonds. The Morgan fingerprint density at radius 1 is 1.37 bits per heavy atom. The van der Waals surface area contributed by atoms with Crippen molar-refractivity contribution in [3.05, 3.63) is 50.5 Å². The highest BCUT2D eigenvalue weighted by Crippen LogP contribution is 2.17. The zero-order valence-electron chi connectivity index (χ0n) is 10.5. The maximum absolute atomic E-state index is 12.1. The van der Waals surface area contributed by atoms with Crippen LogP contribution in [0.1, 0.15) is 11.4 Å². The number of aryl methyl sites for hydroxylation is 1. The Balaban J connectivity index is 2.23. The average molecular weight is 273 g/mol. The molecule has 0 radical (unpaired) electrons. The molecule has 0 fully saturated rings. The molecule has 0 N–H and O–H groups in total. The van der Waals surface area contributed by atoms with E-state index in [0.29, 0.717) is 15.3 Å². The number of benzene rings is 1. The van der Waals surface area contributed by atoms with Gasteiger partial charge in [-0.1, -0.05) is 29.5 Å². The molecule has 0 unspecified atom stereocenters. The molecule has 2 aromatic heterocycles. The summed E-state index contributed by atoms with van der Waals surface area (Å²) in [4.78, 5) is 17.0. The molecule has 0 saturated carbocycles. The molecule has 3 aromatic rings.